The summed E-state index contributed by atoms with van der Waals surface area (Å²) in [6.45, 7) is 1.99. The van der Waals surface area contributed by atoms with Gasteiger partial charge in [0.25, 0.3) is 0 Å². The molecule has 3 rings (SSSR count). The summed E-state index contributed by atoms with van der Waals surface area (Å²) < 4.78 is 15.8. The Morgan fingerprint density at radius 1 is 1.00 bits per heavy atom. The Morgan fingerprint density at radius 3 is 2.34 bits per heavy atom. The predicted molar refractivity (Wildman–Crippen MR) is 115 cm³/mol. The monoisotopic (exact) mass is 412 g/mol. The lowest BCUT2D eigenvalue weighted by Crippen LogP contribution is -2.12. The van der Waals surface area contributed by atoms with E-state index >= 15 is 0 Å². The van der Waals surface area contributed by atoms with Crippen molar-refractivity contribution in [1.82, 2.24) is 4.98 Å². The molecule has 0 saturated carbocycles. The van der Waals surface area contributed by atoms with Crippen LogP contribution in [0.4, 0.5) is 5.13 Å². The van der Waals surface area contributed by atoms with E-state index in [0.717, 1.165) is 38.9 Å². The number of aromatic nitrogens is 1. The van der Waals surface area contributed by atoms with Crippen LogP contribution in [0.5, 0.6) is 17.2 Å². The summed E-state index contributed by atoms with van der Waals surface area (Å²) >= 11 is 1.46. The summed E-state index contributed by atoms with van der Waals surface area (Å²) in [5.74, 6) is 2.18. The maximum Gasteiger partial charge on any atom is 0.226 e. The molecule has 1 heterocycles. The lowest BCUT2D eigenvalue weighted by Gasteiger charge is -2.10. The highest BCUT2D eigenvalue weighted by Crippen LogP contribution is 2.31. The average Bonchev–Trinajstić information content (AvgIpc) is 3.11. The zero-order chi connectivity index (χ0) is 20.8. The Balaban J connectivity index is 1.65. The lowest BCUT2D eigenvalue weighted by molar-refractivity contribution is -0.116. The zero-order valence-electron chi connectivity index (χ0n) is 16.9. The van der Waals surface area contributed by atoms with Crippen molar-refractivity contribution in [2.45, 2.75) is 19.8 Å². The van der Waals surface area contributed by atoms with Gasteiger partial charge < -0.3 is 19.5 Å². The van der Waals surface area contributed by atoms with Crippen molar-refractivity contribution in [3.8, 4) is 28.5 Å². The molecular weight excluding hydrogens is 388 g/mol. The van der Waals surface area contributed by atoms with Crippen LogP contribution in [-0.2, 0) is 11.2 Å². The van der Waals surface area contributed by atoms with Crippen LogP contribution in [0.2, 0.25) is 0 Å². The summed E-state index contributed by atoms with van der Waals surface area (Å²) in [5, 5.41) is 3.50. The maximum atomic E-state index is 12.4. The fourth-order valence-corrected chi connectivity index (χ4v) is 3.83. The SMILES string of the molecule is COc1ccc(-c2nc(NC(=O)CCc3cc(OC)ccc3OC)sc2C)cc1. The topological polar surface area (TPSA) is 69.7 Å². The van der Waals surface area contributed by atoms with Crippen LogP contribution in [0.25, 0.3) is 11.3 Å². The molecule has 7 heteroatoms. The summed E-state index contributed by atoms with van der Waals surface area (Å²) in [6, 6.07) is 13.3. The van der Waals surface area contributed by atoms with E-state index in [9.17, 15) is 4.79 Å². The molecule has 0 radical (unpaired) electrons. The third-order valence-electron chi connectivity index (χ3n) is 4.52. The van der Waals surface area contributed by atoms with Crippen LogP contribution >= 0.6 is 11.3 Å². The highest BCUT2D eigenvalue weighted by molar-refractivity contribution is 7.16. The summed E-state index contributed by atoms with van der Waals surface area (Å²) in [5.41, 5.74) is 2.78. The molecule has 0 atom stereocenters. The number of thiazole rings is 1. The van der Waals surface area contributed by atoms with Gasteiger partial charge in [-0.05, 0) is 61.4 Å². The molecule has 2 aromatic carbocycles. The second-order valence-electron chi connectivity index (χ2n) is 6.38. The van der Waals surface area contributed by atoms with Gasteiger partial charge in [0.2, 0.25) is 5.91 Å². The van der Waals surface area contributed by atoms with E-state index in [0.29, 0.717) is 18.0 Å². The van der Waals surface area contributed by atoms with Gasteiger partial charge in [-0.25, -0.2) is 4.98 Å². The van der Waals surface area contributed by atoms with Crippen molar-refractivity contribution in [2.24, 2.45) is 0 Å². The Hall–Kier alpha value is -3.06. The van der Waals surface area contributed by atoms with Gasteiger partial charge in [-0.2, -0.15) is 0 Å². The number of anilines is 1. The fraction of sp³-hybridized carbons (Fsp3) is 0.273. The highest BCUT2D eigenvalue weighted by Gasteiger charge is 2.13. The number of carbonyl (C=O) groups is 1. The molecule has 1 N–H and O–H groups in total. The van der Waals surface area contributed by atoms with Gasteiger partial charge in [0.15, 0.2) is 5.13 Å². The number of ether oxygens (including phenoxy) is 3. The normalized spacial score (nSPS) is 10.5. The van der Waals surface area contributed by atoms with E-state index in [-0.39, 0.29) is 5.91 Å². The summed E-state index contributed by atoms with van der Waals surface area (Å²) in [7, 11) is 4.87. The predicted octanol–water partition coefficient (Wildman–Crippen LogP) is 4.72. The quantitative estimate of drug-likeness (QED) is 0.580. The summed E-state index contributed by atoms with van der Waals surface area (Å²) in [4.78, 5) is 18.1. The number of nitrogens with zero attached hydrogens (tertiary/aromatic N) is 1. The van der Waals surface area contributed by atoms with E-state index in [1.807, 2.05) is 49.4 Å². The number of carbonyl (C=O) groups excluding carboxylic acids is 1. The first kappa shape index (κ1) is 20.7. The van der Waals surface area contributed by atoms with Crippen molar-refractivity contribution in [2.75, 3.05) is 26.6 Å². The molecule has 3 aromatic rings. The zero-order valence-corrected chi connectivity index (χ0v) is 17.8. The molecular formula is C22H24N2O4S. The van der Waals surface area contributed by atoms with Gasteiger partial charge in [-0.3, -0.25) is 4.79 Å². The van der Waals surface area contributed by atoms with Crippen LogP contribution in [0, 0.1) is 6.92 Å². The number of benzene rings is 2. The molecule has 1 amide bonds. The Bertz CT molecular complexity index is 983. The van der Waals surface area contributed by atoms with Crippen molar-refractivity contribution in [1.29, 1.82) is 0 Å². The molecule has 0 aliphatic heterocycles. The number of rotatable bonds is 8. The average molecular weight is 413 g/mol. The van der Waals surface area contributed by atoms with Crippen molar-refractivity contribution < 1.29 is 19.0 Å². The number of amides is 1. The van der Waals surface area contributed by atoms with Crippen LogP contribution in [0.3, 0.4) is 0 Å². The van der Waals surface area contributed by atoms with Crippen LogP contribution in [0.1, 0.15) is 16.9 Å². The number of methoxy groups -OCH3 is 3. The first-order chi connectivity index (χ1) is 14.0. The van der Waals surface area contributed by atoms with Crippen molar-refractivity contribution in [3.05, 3.63) is 52.9 Å². The standard InChI is InChI=1S/C22H24N2O4S/c1-14-21(15-5-8-17(26-2)9-6-15)24-22(29-14)23-20(25)12-7-16-13-18(27-3)10-11-19(16)28-4/h5-6,8-11,13H,7,12H2,1-4H3,(H,23,24,25). The second kappa shape index (κ2) is 9.43. The van der Waals surface area contributed by atoms with Crippen LogP contribution < -0.4 is 19.5 Å². The lowest BCUT2D eigenvalue weighted by atomic mass is 10.1. The smallest absolute Gasteiger partial charge is 0.226 e. The molecule has 152 valence electrons. The maximum absolute atomic E-state index is 12.4. The molecule has 0 spiro atoms. The van der Waals surface area contributed by atoms with Crippen LogP contribution in [-0.4, -0.2) is 32.2 Å². The molecule has 0 aliphatic carbocycles. The molecule has 1 aromatic heterocycles. The third-order valence-corrected chi connectivity index (χ3v) is 5.40. The minimum absolute atomic E-state index is 0.0927. The summed E-state index contributed by atoms with van der Waals surface area (Å²) in [6.07, 6.45) is 0.863. The van der Waals surface area contributed by atoms with E-state index < -0.39 is 0 Å². The molecule has 6 nitrogen and oxygen atoms in total. The van der Waals surface area contributed by atoms with Gasteiger partial charge in [0.05, 0.1) is 27.0 Å². The first-order valence-electron chi connectivity index (χ1n) is 9.16. The number of hydrogen-bond donors (Lipinski definition) is 1. The third kappa shape index (κ3) is 5.06. The minimum Gasteiger partial charge on any atom is -0.497 e. The van der Waals surface area contributed by atoms with Crippen LogP contribution in [0.15, 0.2) is 42.5 Å². The van der Waals surface area contributed by atoms with Crippen molar-refractivity contribution in [3.63, 3.8) is 0 Å². The van der Waals surface area contributed by atoms with Gasteiger partial charge in [-0.15, -0.1) is 11.3 Å². The largest absolute Gasteiger partial charge is 0.497 e. The van der Waals surface area contributed by atoms with Crippen molar-refractivity contribution >= 4 is 22.4 Å². The molecule has 29 heavy (non-hydrogen) atoms. The first-order valence-corrected chi connectivity index (χ1v) is 9.98. The van der Waals surface area contributed by atoms with Gasteiger partial charge >= 0.3 is 0 Å². The molecule has 0 fully saturated rings. The van der Waals surface area contributed by atoms with Gasteiger partial charge in [-0.1, -0.05) is 0 Å². The molecule has 0 saturated heterocycles. The number of aryl methyl sites for hydroxylation is 2. The van der Waals surface area contributed by atoms with Gasteiger partial charge in [0, 0.05) is 16.9 Å². The number of nitrogens with one attached hydrogen (secondary N) is 1. The molecule has 0 aliphatic rings. The fourth-order valence-electron chi connectivity index (χ4n) is 2.97. The van der Waals surface area contributed by atoms with E-state index in [2.05, 4.69) is 10.3 Å². The van der Waals surface area contributed by atoms with Gasteiger partial charge in [0.1, 0.15) is 17.2 Å². The second-order valence-corrected chi connectivity index (χ2v) is 7.58. The number of hydrogen-bond acceptors (Lipinski definition) is 6. The Morgan fingerprint density at radius 2 is 1.69 bits per heavy atom. The van der Waals surface area contributed by atoms with E-state index in [1.54, 1.807) is 21.3 Å². The minimum atomic E-state index is -0.0927. The molecule has 0 unspecified atom stereocenters. The van der Waals surface area contributed by atoms with E-state index in [1.165, 1.54) is 11.3 Å². The Labute approximate surface area is 174 Å². The highest BCUT2D eigenvalue weighted by atomic mass is 32.1. The van der Waals surface area contributed by atoms with E-state index in [4.69, 9.17) is 14.2 Å². The molecule has 0 bridgehead atoms. The Kier molecular flexibility index (Phi) is 6.72.